The first-order valence-electron chi connectivity index (χ1n) is 14.0. The molecule has 1 aromatic heterocycles. The average Bonchev–Trinajstić information content (AvgIpc) is 3.36. The fourth-order valence-electron chi connectivity index (χ4n) is 5.42. The first kappa shape index (κ1) is 25.3. The molecule has 1 N–H and O–H groups in total. The van der Waals surface area contributed by atoms with Gasteiger partial charge in [-0.3, -0.25) is 0 Å². The molecule has 0 spiro atoms. The van der Waals surface area contributed by atoms with Gasteiger partial charge in [0.1, 0.15) is 17.1 Å². The van der Waals surface area contributed by atoms with Crippen molar-refractivity contribution in [3.63, 3.8) is 0 Å². The number of rotatable bonds is 5. The van der Waals surface area contributed by atoms with Crippen molar-refractivity contribution in [1.29, 1.82) is 0 Å². The number of aromatic nitrogens is 1. The number of nitrogens with zero attached hydrogens (tertiary/aromatic N) is 1. The summed E-state index contributed by atoms with van der Waals surface area (Å²) in [6, 6.07) is 44.7. The Labute approximate surface area is 245 Å². The van der Waals surface area contributed by atoms with Crippen LogP contribution in [0.5, 0.6) is 0 Å². The van der Waals surface area contributed by atoms with Crippen molar-refractivity contribution in [1.82, 2.24) is 0 Å². The zero-order chi connectivity index (χ0) is 28.3. The van der Waals surface area contributed by atoms with Gasteiger partial charge in [-0.1, -0.05) is 121 Å². The van der Waals surface area contributed by atoms with Crippen molar-refractivity contribution in [2.75, 3.05) is 0 Å². The third-order valence-corrected chi connectivity index (χ3v) is 7.45. The van der Waals surface area contributed by atoms with Crippen molar-refractivity contribution in [2.24, 2.45) is 0 Å². The second kappa shape index (κ2) is 11.1. The Bertz CT molecular complexity index is 1960. The van der Waals surface area contributed by atoms with Crippen LogP contribution in [0.25, 0.3) is 28.9 Å². The smallest absolute Gasteiger partial charge is 0.254 e. The van der Waals surface area contributed by atoms with Gasteiger partial charge in [-0.15, -0.1) is 0 Å². The highest BCUT2D eigenvalue weighted by Gasteiger charge is 2.33. The van der Waals surface area contributed by atoms with E-state index in [0.29, 0.717) is 0 Å². The van der Waals surface area contributed by atoms with Crippen molar-refractivity contribution >= 4 is 28.9 Å². The first-order chi connectivity index (χ1) is 20.7. The Hall–Kier alpha value is -5.67. The Morgan fingerprint density at radius 1 is 0.548 bits per heavy atom. The van der Waals surface area contributed by atoms with E-state index in [4.69, 9.17) is 4.74 Å². The van der Waals surface area contributed by atoms with Crippen LogP contribution in [0.15, 0.2) is 163 Å². The lowest BCUT2D eigenvalue weighted by atomic mass is 9.96. The summed E-state index contributed by atoms with van der Waals surface area (Å²) in [7, 11) is 0. The lowest BCUT2D eigenvalue weighted by Gasteiger charge is -2.18. The Kier molecular flexibility index (Phi) is 6.67. The summed E-state index contributed by atoms with van der Waals surface area (Å²) in [5, 5.41) is 12.5. The van der Waals surface area contributed by atoms with E-state index < -0.39 is 0 Å². The molecule has 0 amide bonds. The molecule has 0 unspecified atom stereocenters. The number of allylic oxidation sites excluding steroid dienone is 5. The highest BCUT2D eigenvalue weighted by molar-refractivity contribution is 5.93. The quantitative estimate of drug-likeness (QED) is 0.232. The van der Waals surface area contributed by atoms with Crippen LogP contribution in [0.1, 0.15) is 27.9 Å². The molecule has 0 radical (unpaired) electrons. The number of benzene rings is 4. The number of hydrogen-bond acceptors (Lipinski definition) is 2. The molecule has 42 heavy (non-hydrogen) atoms. The molecule has 0 saturated heterocycles. The molecule has 0 saturated carbocycles. The number of fused-ring (bicyclic) bond motifs is 1. The fraction of sp³-hybridized carbons (Fsp3) is 0. The zero-order valence-corrected chi connectivity index (χ0v) is 22.9. The van der Waals surface area contributed by atoms with Gasteiger partial charge in [0.05, 0.1) is 0 Å². The van der Waals surface area contributed by atoms with Gasteiger partial charge < -0.3 is 9.84 Å². The van der Waals surface area contributed by atoms with Crippen LogP contribution < -0.4 is 9.46 Å². The van der Waals surface area contributed by atoms with Crippen molar-refractivity contribution in [2.45, 2.75) is 0 Å². The van der Waals surface area contributed by atoms with E-state index in [2.05, 4.69) is 71.0 Å². The minimum absolute atomic E-state index is 0.270. The molecule has 4 aromatic carbocycles. The molecule has 5 aromatic rings. The number of aliphatic hydroxyl groups excluding tert-OH is 1. The third-order valence-electron chi connectivity index (χ3n) is 7.45. The van der Waals surface area contributed by atoms with E-state index in [0.717, 1.165) is 61.5 Å². The summed E-state index contributed by atoms with van der Waals surface area (Å²) in [6.07, 6.45) is 10.3. The van der Waals surface area contributed by atoms with Gasteiger partial charge in [-0.25, -0.2) is 0 Å². The number of hydrogen-bond donors (Lipinski definition) is 1. The van der Waals surface area contributed by atoms with Gasteiger partial charge in [0.2, 0.25) is 11.5 Å². The standard InChI is InChI=1S/C39H27NO2/c41-39-34-25-28(23-24-40(34)38(33-19-11-4-12-20-33)37(39)32-17-9-3-10-18-32)21-22-29-26-35(30-13-5-1-6-14-30)42-36(27-29)31-15-7-2-8-16-31/h1-27H/p+1. The van der Waals surface area contributed by atoms with Crippen LogP contribution in [0.3, 0.4) is 0 Å². The molecule has 2 aliphatic rings. The van der Waals surface area contributed by atoms with Crippen LogP contribution in [0, 0.1) is 5.71 Å². The van der Waals surface area contributed by atoms with Crippen LogP contribution in [-0.2, 0) is 4.74 Å². The molecule has 3 nitrogen and oxygen atoms in total. The molecule has 3 heterocycles. The predicted molar refractivity (Wildman–Crippen MR) is 169 cm³/mol. The Morgan fingerprint density at radius 3 is 1.60 bits per heavy atom. The topological polar surface area (TPSA) is 35.4 Å². The van der Waals surface area contributed by atoms with E-state index >= 15 is 0 Å². The Balaban J connectivity index is 1.35. The fourth-order valence-corrected chi connectivity index (χ4v) is 5.42. The van der Waals surface area contributed by atoms with Gasteiger partial charge in [-0.05, 0) is 40.6 Å². The number of ether oxygens (including phenoxy) is 1. The van der Waals surface area contributed by atoms with Gasteiger partial charge in [0, 0.05) is 28.8 Å². The van der Waals surface area contributed by atoms with E-state index in [1.807, 2.05) is 97.2 Å². The third kappa shape index (κ3) is 4.89. The highest BCUT2D eigenvalue weighted by atomic mass is 16.5. The van der Waals surface area contributed by atoms with Crippen molar-refractivity contribution in [3.8, 4) is 0 Å². The summed E-state index contributed by atoms with van der Waals surface area (Å²) in [6.45, 7) is 0. The molecule has 0 fully saturated rings. The van der Waals surface area contributed by atoms with Gasteiger partial charge in [0.25, 0.3) is 5.69 Å². The lowest BCUT2D eigenvalue weighted by molar-refractivity contribution is -0.516. The molecular formula is C39H28NO2+. The summed E-state index contributed by atoms with van der Waals surface area (Å²) in [4.78, 5) is 0. The van der Waals surface area contributed by atoms with Gasteiger partial charge in [0.15, 0.2) is 6.20 Å². The monoisotopic (exact) mass is 542 g/mol. The first-order valence-corrected chi connectivity index (χ1v) is 14.0. The SMILES string of the molecule is OC1=C(c2ccccc2)C(c2ccccc2)=[n+]2ccc(=CC=C3C=C(c4ccccc4)OC(c4ccccc4)=C3)cc21. The molecule has 7 rings (SSSR count). The van der Waals surface area contributed by atoms with Crippen LogP contribution in [0.4, 0.5) is 0 Å². The molecule has 200 valence electrons. The number of pyridine rings is 1. The van der Waals surface area contributed by atoms with Crippen LogP contribution in [-0.4, -0.2) is 5.11 Å². The number of aliphatic hydroxyl groups is 1. The zero-order valence-electron chi connectivity index (χ0n) is 22.9. The average molecular weight is 543 g/mol. The Morgan fingerprint density at radius 2 is 1.05 bits per heavy atom. The maximum absolute atomic E-state index is 11.6. The summed E-state index contributed by atoms with van der Waals surface area (Å²) >= 11 is 0. The minimum atomic E-state index is 0.270. The lowest BCUT2D eigenvalue weighted by Crippen LogP contribution is -2.26. The molecule has 0 bridgehead atoms. The van der Waals surface area contributed by atoms with Crippen LogP contribution in [0.2, 0.25) is 0 Å². The normalized spacial score (nSPS) is 14.7. The minimum Gasteiger partial charge on any atom is -0.502 e. The van der Waals surface area contributed by atoms with Gasteiger partial charge in [-0.2, -0.15) is 4.24 Å². The molecular weight excluding hydrogens is 514 g/mol. The summed E-state index contributed by atoms with van der Waals surface area (Å²) in [5.74, 6) is 1.87. The molecule has 3 heteroatoms. The molecule has 0 aliphatic carbocycles. The predicted octanol–water partition coefficient (Wildman–Crippen LogP) is 7.66. The summed E-state index contributed by atoms with van der Waals surface area (Å²) in [5.41, 5.74) is 7.63. The van der Waals surface area contributed by atoms with E-state index in [9.17, 15) is 5.11 Å². The second-order valence-electron chi connectivity index (χ2n) is 10.2. The van der Waals surface area contributed by atoms with Crippen LogP contribution >= 0.6 is 0 Å². The molecule has 0 atom stereocenters. The highest BCUT2D eigenvalue weighted by Crippen LogP contribution is 2.34. The summed E-state index contributed by atoms with van der Waals surface area (Å²) < 4.78 is 8.42. The van der Waals surface area contributed by atoms with E-state index in [-0.39, 0.29) is 5.76 Å². The van der Waals surface area contributed by atoms with E-state index in [1.165, 1.54) is 0 Å². The maximum atomic E-state index is 11.6. The largest absolute Gasteiger partial charge is 0.502 e. The van der Waals surface area contributed by atoms with Gasteiger partial charge >= 0.3 is 0 Å². The van der Waals surface area contributed by atoms with Crippen molar-refractivity contribution in [3.05, 3.63) is 202 Å². The van der Waals surface area contributed by atoms with Crippen molar-refractivity contribution < 1.29 is 14.1 Å². The maximum Gasteiger partial charge on any atom is 0.254 e. The van der Waals surface area contributed by atoms with E-state index in [1.54, 1.807) is 0 Å². The molecule has 2 aliphatic heterocycles. The second-order valence-corrected chi connectivity index (χ2v) is 10.2.